The fourth-order valence-electron chi connectivity index (χ4n) is 2.71. The van der Waals surface area contributed by atoms with Crippen molar-refractivity contribution in [2.45, 2.75) is 51.8 Å². The molecule has 2 unspecified atom stereocenters. The van der Waals surface area contributed by atoms with Gasteiger partial charge in [-0.15, -0.1) is 0 Å². The molecule has 0 aliphatic carbocycles. The molecule has 1 aliphatic rings. The summed E-state index contributed by atoms with van der Waals surface area (Å²) in [6.07, 6.45) is 2.57. The second kappa shape index (κ2) is 6.65. The third-order valence-electron chi connectivity index (χ3n) is 4.12. The Morgan fingerprint density at radius 1 is 1.45 bits per heavy atom. The molecule has 0 N–H and O–H groups in total. The number of pyridine rings is 1. The van der Waals surface area contributed by atoms with E-state index in [9.17, 15) is 4.79 Å². The van der Waals surface area contributed by atoms with E-state index in [1.54, 1.807) is 4.90 Å². The lowest BCUT2D eigenvalue weighted by Crippen LogP contribution is -2.40. The van der Waals surface area contributed by atoms with Crippen molar-refractivity contribution < 1.29 is 9.53 Å². The molecule has 2 heterocycles. The minimum atomic E-state index is -0.442. The van der Waals surface area contributed by atoms with Crippen LogP contribution < -0.4 is 0 Å². The molecule has 1 fully saturated rings. The van der Waals surface area contributed by atoms with Crippen molar-refractivity contribution in [2.75, 3.05) is 20.1 Å². The summed E-state index contributed by atoms with van der Waals surface area (Å²) in [7, 11) is 2.10. The molecule has 5 nitrogen and oxygen atoms in total. The number of likely N-dealkylation sites (tertiary alicyclic amines) is 1. The highest BCUT2D eigenvalue weighted by Gasteiger charge is 2.33. The fraction of sp³-hybridized carbons (Fsp3) is 0.647. The minimum Gasteiger partial charge on any atom is -0.444 e. The number of likely N-dealkylation sites (N-methyl/N-ethyl adjacent to an activating group) is 1. The van der Waals surface area contributed by atoms with Crippen LogP contribution in [0.4, 0.5) is 4.79 Å². The SMILES string of the molecule is CC(c1ccccn1)N(C)C1CCN(C(=O)OC(C)(C)C)C1. The lowest BCUT2D eigenvalue weighted by Gasteiger charge is -2.30. The topological polar surface area (TPSA) is 45.7 Å². The van der Waals surface area contributed by atoms with Crippen LogP contribution in [-0.4, -0.2) is 52.7 Å². The molecule has 1 saturated heterocycles. The zero-order valence-electron chi connectivity index (χ0n) is 14.2. The molecule has 1 amide bonds. The second-order valence-corrected chi connectivity index (χ2v) is 6.96. The Morgan fingerprint density at radius 3 is 2.77 bits per heavy atom. The molecule has 1 aromatic rings. The van der Waals surface area contributed by atoms with Gasteiger partial charge in [0.05, 0.1) is 5.69 Å². The summed E-state index contributed by atoms with van der Waals surface area (Å²) < 4.78 is 5.45. The molecule has 5 heteroatoms. The molecule has 2 rings (SSSR count). The molecule has 0 radical (unpaired) electrons. The largest absolute Gasteiger partial charge is 0.444 e. The van der Waals surface area contributed by atoms with Gasteiger partial charge in [0, 0.05) is 31.4 Å². The van der Waals surface area contributed by atoms with Gasteiger partial charge >= 0.3 is 6.09 Å². The van der Waals surface area contributed by atoms with Crippen LogP contribution in [0, 0.1) is 0 Å². The molecule has 1 aromatic heterocycles. The number of ether oxygens (including phenoxy) is 1. The first-order valence-electron chi connectivity index (χ1n) is 7.89. The number of amides is 1. The first-order valence-corrected chi connectivity index (χ1v) is 7.89. The van der Waals surface area contributed by atoms with Gasteiger partial charge in [0.1, 0.15) is 5.60 Å². The van der Waals surface area contributed by atoms with Crippen molar-refractivity contribution >= 4 is 6.09 Å². The van der Waals surface area contributed by atoms with E-state index in [4.69, 9.17) is 4.74 Å². The lowest BCUT2D eigenvalue weighted by molar-refractivity contribution is 0.0278. The average molecular weight is 305 g/mol. The zero-order valence-corrected chi connectivity index (χ0v) is 14.2. The number of rotatable bonds is 3. The monoisotopic (exact) mass is 305 g/mol. The van der Waals surface area contributed by atoms with Crippen molar-refractivity contribution in [3.8, 4) is 0 Å². The highest BCUT2D eigenvalue weighted by atomic mass is 16.6. The second-order valence-electron chi connectivity index (χ2n) is 6.96. The molecule has 2 atom stereocenters. The van der Waals surface area contributed by atoms with E-state index in [1.807, 2.05) is 45.2 Å². The van der Waals surface area contributed by atoms with Crippen molar-refractivity contribution in [3.63, 3.8) is 0 Å². The van der Waals surface area contributed by atoms with Crippen LogP contribution in [0.5, 0.6) is 0 Å². The van der Waals surface area contributed by atoms with Gasteiger partial charge in [-0.2, -0.15) is 0 Å². The van der Waals surface area contributed by atoms with E-state index in [0.29, 0.717) is 12.6 Å². The quantitative estimate of drug-likeness (QED) is 0.861. The Bertz CT molecular complexity index is 498. The number of carbonyl (C=O) groups excluding carboxylic acids is 1. The zero-order chi connectivity index (χ0) is 16.3. The Morgan fingerprint density at radius 2 is 2.18 bits per heavy atom. The van der Waals surface area contributed by atoms with Crippen molar-refractivity contribution in [1.82, 2.24) is 14.8 Å². The van der Waals surface area contributed by atoms with Gasteiger partial charge in [0.2, 0.25) is 0 Å². The van der Waals surface area contributed by atoms with Crippen LogP contribution in [-0.2, 0) is 4.74 Å². The smallest absolute Gasteiger partial charge is 0.410 e. The van der Waals surface area contributed by atoms with Gasteiger partial charge in [0.25, 0.3) is 0 Å². The molecule has 0 spiro atoms. The highest BCUT2D eigenvalue weighted by molar-refractivity contribution is 5.68. The van der Waals surface area contributed by atoms with E-state index in [-0.39, 0.29) is 12.1 Å². The number of nitrogens with zero attached hydrogens (tertiary/aromatic N) is 3. The predicted octanol–water partition coefficient (Wildman–Crippen LogP) is 3.08. The van der Waals surface area contributed by atoms with Gasteiger partial charge in [-0.1, -0.05) is 6.07 Å². The van der Waals surface area contributed by atoms with E-state index in [0.717, 1.165) is 18.7 Å². The van der Waals surface area contributed by atoms with Gasteiger partial charge in [-0.3, -0.25) is 9.88 Å². The maximum Gasteiger partial charge on any atom is 0.410 e. The molecular weight excluding hydrogens is 278 g/mol. The molecular formula is C17H27N3O2. The summed E-state index contributed by atoms with van der Waals surface area (Å²) in [4.78, 5) is 20.7. The van der Waals surface area contributed by atoms with Gasteiger partial charge in [-0.25, -0.2) is 4.79 Å². The number of hydrogen-bond acceptors (Lipinski definition) is 4. The Balaban J connectivity index is 1.94. The summed E-state index contributed by atoms with van der Waals surface area (Å²) in [5.74, 6) is 0. The summed E-state index contributed by atoms with van der Waals surface area (Å²) in [5, 5.41) is 0. The van der Waals surface area contributed by atoms with Crippen LogP contribution in [0.25, 0.3) is 0 Å². The number of carbonyl (C=O) groups is 1. The Labute approximate surface area is 133 Å². The van der Waals surface area contributed by atoms with Crippen LogP contribution in [0.1, 0.15) is 45.9 Å². The van der Waals surface area contributed by atoms with Crippen molar-refractivity contribution in [3.05, 3.63) is 30.1 Å². The first kappa shape index (κ1) is 16.7. The standard InChI is InChI=1S/C17H27N3O2/c1-13(15-8-6-7-10-18-15)19(5)14-9-11-20(12-14)16(21)22-17(2,3)4/h6-8,10,13-14H,9,11-12H2,1-5H3. The molecule has 22 heavy (non-hydrogen) atoms. The maximum atomic E-state index is 12.1. The van der Waals surface area contributed by atoms with Crippen LogP contribution in [0.15, 0.2) is 24.4 Å². The highest BCUT2D eigenvalue weighted by Crippen LogP contribution is 2.24. The molecule has 0 bridgehead atoms. The summed E-state index contributed by atoms with van der Waals surface area (Å²) in [5.41, 5.74) is 0.614. The molecule has 1 aliphatic heterocycles. The summed E-state index contributed by atoms with van der Waals surface area (Å²) in [6, 6.07) is 6.54. The maximum absolute atomic E-state index is 12.1. The molecule has 0 aromatic carbocycles. The van der Waals surface area contributed by atoms with Gasteiger partial charge in [-0.05, 0) is 53.3 Å². The van der Waals surface area contributed by atoms with Crippen molar-refractivity contribution in [1.29, 1.82) is 0 Å². The Hall–Kier alpha value is -1.62. The molecule has 0 saturated carbocycles. The van der Waals surface area contributed by atoms with Crippen LogP contribution >= 0.6 is 0 Å². The number of aromatic nitrogens is 1. The fourth-order valence-corrected chi connectivity index (χ4v) is 2.71. The third kappa shape index (κ3) is 4.19. The van der Waals surface area contributed by atoms with Crippen LogP contribution in [0.2, 0.25) is 0 Å². The van der Waals surface area contributed by atoms with E-state index >= 15 is 0 Å². The number of hydrogen-bond donors (Lipinski definition) is 0. The molecule has 122 valence electrons. The van der Waals surface area contributed by atoms with Crippen LogP contribution in [0.3, 0.4) is 0 Å². The van der Waals surface area contributed by atoms with E-state index in [1.165, 1.54) is 0 Å². The van der Waals surface area contributed by atoms with E-state index < -0.39 is 5.60 Å². The van der Waals surface area contributed by atoms with Gasteiger partial charge < -0.3 is 9.64 Å². The first-order chi connectivity index (χ1) is 10.3. The average Bonchev–Trinajstić information content (AvgIpc) is 2.95. The van der Waals surface area contributed by atoms with Crippen molar-refractivity contribution in [2.24, 2.45) is 0 Å². The third-order valence-corrected chi connectivity index (χ3v) is 4.12. The predicted molar refractivity (Wildman–Crippen MR) is 86.6 cm³/mol. The normalized spacial score (nSPS) is 20.3. The van der Waals surface area contributed by atoms with E-state index in [2.05, 4.69) is 23.9 Å². The summed E-state index contributed by atoms with van der Waals surface area (Å²) >= 11 is 0. The minimum absolute atomic E-state index is 0.214. The summed E-state index contributed by atoms with van der Waals surface area (Å²) in [6.45, 7) is 9.30. The lowest BCUT2D eigenvalue weighted by atomic mass is 10.1. The Kier molecular flexibility index (Phi) is 5.06. The van der Waals surface area contributed by atoms with Gasteiger partial charge in [0.15, 0.2) is 0 Å².